The van der Waals surface area contributed by atoms with Gasteiger partial charge in [0.2, 0.25) is 0 Å². The second-order valence-electron chi connectivity index (χ2n) is 5.61. The highest BCUT2D eigenvalue weighted by Crippen LogP contribution is 2.23. The largest absolute Gasteiger partial charge is 0.573 e. The topological polar surface area (TPSA) is 64.4 Å². The minimum Gasteiger partial charge on any atom is -0.406 e. The molecule has 1 aliphatic heterocycles. The predicted octanol–water partition coefficient (Wildman–Crippen LogP) is 2.52. The summed E-state index contributed by atoms with van der Waals surface area (Å²) in [5.41, 5.74) is 0.182. The molecule has 0 N–H and O–H groups in total. The molecule has 2 aromatic rings. The second-order valence-corrected chi connectivity index (χ2v) is 6.67. The first kappa shape index (κ1) is 18.3. The van der Waals surface area contributed by atoms with Crippen molar-refractivity contribution in [3.8, 4) is 5.75 Å². The van der Waals surface area contributed by atoms with E-state index < -0.39 is 12.3 Å². The Kier molecular flexibility index (Phi) is 4.94. The molecule has 0 fully saturated rings. The molecule has 0 spiro atoms. The number of aromatic nitrogens is 2. The van der Waals surface area contributed by atoms with Crippen molar-refractivity contribution >= 4 is 17.7 Å². The molecule has 0 aliphatic carbocycles. The van der Waals surface area contributed by atoms with E-state index in [0.717, 1.165) is 5.75 Å². The molecule has 2 heterocycles. The third kappa shape index (κ3) is 4.01. The Bertz CT molecular complexity index is 881. The summed E-state index contributed by atoms with van der Waals surface area (Å²) in [4.78, 5) is 30.3. The van der Waals surface area contributed by atoms with Gasteiger partial charge in [0.05, 0.1) is 0 Å². The number of hydrogen-bond donors (Lipinski definition) is 0. The van der Waals surface area contributed by atoms with Crippen molar-refractivity contribution in [2.45, 2.75) is 24.6 Å². The lowest BCUT2D eigenvalue weighted by Gasteiger charge is -2.17. The SMILES string of the molecule is CN(Cc1ccc(OC(F)(F)F)cc1)C(=O)c1cnc2n(c1=O)CCS2. The van der Waals surface area contributed by atoms with Crippen molar-refractivity contribution < 1.29 is 22.7 Å². The van der Waals surface area contributed by atoms with Gasteiger partial charge in [-0.15, -0.1) is 13.2 Å². The van der Waals surface area contributed by atoms with Gasteiger partial charge < -0.3 is 9.64 Å². The molecule has 6 nitrogen and oxygen atoms in total. The molecular formula is C16H14F3N3O3S. The van der Waals surface area contributed by atoms with Gasteiger partial charge in [-0.2, -0.15) is 0 Å². The smallest absolute Gasteiger partial charge is 0.406 e. The third-order valence-corrected chi connectivity index (χ3v) is 4.68. The Balaban J connectivity index is 1.71. The summed E-state index contributed by atoms with van der Waals surface area (Å²) in [6.07, 6.45) is -3.49. The summed E-state index contributed by atoms with van der Waals surface area (Å²) in [7, 11) is 1.51. The first-order valence-corrected chi connectivity index (χ1v) is 8.56. The van der Waals surface area contributed by atoms with Crippen LogP contribution in [-0.2, 0) is 13.1 Å². The molecule has 3 rings (SSSR count). The molecular weight excluding hydrogens is 371 g/mol. The molecule has 1 amide bonds. The number of alkyl halides is 3. The predicted molar refractivity (Wildman–Crippen MR) is 88.1 cm³/mol. The van der Waals surface area contributed by atoms with E-state index in [4.69, 9.17) is 0 Å². The van der Waals surface area contributed by atoms with Crippen molar-refractivity contribution in [2.75, 3.05) is 12.8 Å². The van der Waals surface area contributed by atoms with Gasteiger partial charge in [-0.1, -0.05) is 23.9 Å². The number of nitrogens with zero attached hydrogens (tertiary/aromatic N) is 3. The van der Waals surface area contributed by atoms with Crippen LogP contribution in [0.2, 0.25) is 0 Å². The lowest BCUT2D eigenvalue weighted by Crippen LogP contribution is -2.34. The Hall–Kier alpha value is -2.49. The number of amides is 1. The zero-order chi connectivity index (χ0) is 18.9. The van der Waals surface area contributed by atoms with Crippen molar-refractivity contribution in [2.24, 2.45) is 0 Å². The fraction of sp³-hybridized carbons (Fsp3) is 0.312. The van der Waals surface area contributed by atoms with Crippen LogP contribution in [0.5, 0.6) is 5.75 Å². The van der Waals surface area contributed by atoms with Crippen molar-refractivity contribution in [1.29, 1.82) is 0 Å². The summed E-state index contributed by atoms with van der Waals surface area (Å²) in [6.45, 7) is 0.637. The maximum Gasteiger partial charge on any atom is 0.573 e. The average Bonchev–Trinajstić information content (AvgIpc) is 3.04. The molecule has 1 aromatic heterocycles. The van der Waals surface area contributed by atoms with Crippen LogP contribution in [0.4, 0.5) is 13.2 Å². The van der Waals surface area contributed by atoms with Crippen LogP contribution in [0.15, 0.2) is 40.4 Å². The van der Waals surface area contributed by atoms with E-state index in [-0.39, 0.29) is 23.4 Å². The Morgan fingerprint density at radius 2 is 2.04 bits per heavy atom. The molecule has 10 heteroatoms. The number of carbonyl (C=O) groups excluding carboxylic acids is 1. The Morgan fingerprint density at radius 1 is 1.35 bits per heavy atom. The number of benzene rings is 1. The lowest BCUT2D eigenvalue weighted by molar-refractivity contribution is -0.274. The third-order valence-electron chi connectivity index (χ3n) is 3.71. The zero-order valence-electron chi connectivity index (χ0n) is 13.6. The van der Waals surface area contributed by atoms with E-state index >= 15 is 0 Å². The molecule has 1 aliphatic rings. The molecule has 0 radical (unpaired) electrons. The van der Waals surface area contributed by atoms with Crippen LogP contribution in [0.25, 0.3) is 0 Å². The number of hydrogen-bond acceptors (Lipinski definition) is 5. The van der Waals surface area contributed by atoms with E-state index in [0.29, 0.717) is 17.3 Å². The van der Waals surface area contributed by atoms with Crippen LogP contribution in [0, 0.1) is 0 Å². The zero-order valence-corrected chi connectivity index (χ0v) is 14.4. The Morgan fingerprint density at radius 3 is 2.69 bits per heavy atom. The van der Waals surface area contributed by atoms with Gasteiger partial charge >= 0.3 is 6.36 Å². The summed E-state index contributed by atoms with van der Waals surface area (Å²) >= 11 is 1.45. The molecule has 0 bridgehead atoms. The van der Waals surface area contributed by atoms with E-state index in [1.807, 2.05) is 0 Å². The maximum atomic E-state index is 12.5. The maximum absolute atomic E-state index is 12.5. The summed E-state index contributed by atoms with van der Waals surface area (Å²) in [5.74, 6) is -0.0960. The second kappa shape index (κ2) is 7.02. The molecule has 0 atom stereocenters. The number of thioether (sulfide) groups is 1. The van der Waals surface area contributed by atoms with E-state index in [1.165, 1.54) is 58.7 Å². The van der Waals surface area contributed by atoms with Crippen LogP contribution in [0.3, 0.4) is 0 Å². The molecule has 0 unspecified atom stereocenters. The van der Waals surface area contributed by atoms with E-state index in [2.05, 4.69) is 9.72 Å². The normalized spacial score (nSPS) is 13.4. The van der Waals surface area contributed by atoms with Crippen LogP contribution in [-0.4, -0.2) is 39.5 Å². The van der Waals surface area contributed by atoms with Crippen LogP contribution < -0.4 is 10.3 Å². The minimum absolute atomic E-state index is 0.0317. The quantitative estimate of drug-likeness (QED) is 0.757. The van der Waals surface area contributed by atoms with Crippen LogP contribution in [0.1, 0.15) is 15.9 Å². The van der Waals surface area contributed by atoms with Gasteiger partial charge in [-0.05, 0) is 17.7 Å². The number of ether oxygens (including phenoxy) is 1. The van der Waals surface area contributed by atoms with Crippen molar-refractivity contribution in [3.05, 3.63) is 51.9 Å². The summed E-state index contributed by atoms with van der Waals surface area (Å²) in [5, 5.41) is 0.592. The molecule has 0 saturated heterocycles. The number of carbonyl (C=O) groups is 1. The van der Waals surface area contributed by atoms with Gasteiger partial charge in [-0.3, -0.25) is 14.2 Å². The average molecular weight is 385 g/mol. The standard InChI is InChI=1S/C16H14F3N3O3S/c1-21(9-10-2-4-11(5-3-10)25-16(17,18)19)13(23)12-8-20-15-22(14(12)24)6-7-26-15/h2-5,8H,6-7,9H2,1H3. The minimum atomic E-state index is -4.75. The van der Waals surface area contributed by atoms with Gasteiger partial charge in [0.15, 0.2) is 5.16 Å². The van der Waals surface area contributed by atoms with E-state index in [1.54, 1.807) is 0 Å². The van der Waals surface area contributed by atoms with Crippen LogP contribution >= 0.6 is 11.8 Å². The number of rotatable bonds is 4. The van der Waals surface area contributed by atoms with Gasteiger partial charge in [0.1, 0.15) is 11.3 Å². The highest BCUT2D eigenvalue weighted by atomic mass is 32.2. The molecule has 1 aromatic carbocycles. The Labute approximate surface area is 150 Å². The fourth-order valence-corrected chi connectivity index (χ4v) is 3.43. The van der Waals surface area contributed by atoms with Gasteiger partial charge in [-0.25, -0.2) is 4.98 Å². The fourth-order valence-electron chi connectivity index (χ4n) is 2.51. The molecule has 26 heavy (non-hydrogen) atoms. The molecule has 138 valence electrons. The van der Waals surface area contributed by atoms with Gasteiger partial charge in [0.25, 0.3) is 11.5 Å². The first-order valence-electron chi connectivity index (χ1n) is 7.57. The highest BCUT2D eigenvalue weighted by Gasteiger charge is 2.31. The monoisotopic (exact) mass is 385 g/mol. The summed E-state index contributed by atoms with van der Waals surface area (Å²) in [6, 6.07) is 5.19. The first-order chi connectivity index (χ1) is 12.2. The lowest BCUT2D eigenvalue weighted by atomic mass is 10.2. The number of fused-ring (bicyclic) bond motifs is 1. The number of halogens is 3. The van der Waals surface area contributed by atoms with E-state index in [9.17, 15) is 22.8 Å². The van der Waals surface area contributed by atoms with Crippen molar-refractivity contribution in [3.63, 3.8) is 0 Å². The highest BCUT2D eigenvalue weighted by molar-refractivity contribution is 7.99. The van der Waals surface area contributed by atoms with Crippen molar-refractivity contribution in [1.82, 2.24) is 14.5 Å². The van der Waals surface area contributed by atoms with Gasteiger partial charge in [0, 0.05) is 32.1 Å². The molecule has 0 saturated carbocycles. The summed E-state index contributed by atoms with van der Waals surface area (Å²) < 4.78 is 41.8.